The highest BCUT2D eigenvalue weighted by Crippen LogP contribution is 2.52. The molecule has 13 heteroatoms. The summed E-state index contributed by atoms with van der Waals surface area (Å²) in [5.74, 6) is -0.0740. The summed E-state index contributed by atoms with van der Waals surface area (Å²) in [5.41, 5.74) is 6.17. The van der Waals surface area contributed by atoms with Crippen molar-refractivity contribution in [2.24, 2.45) is 0 Å². The summed E-state index contributed by atoms with van der Waals surface area (Å²) < 4.78 is 42.4. The second kappa shape index (κ2) is 13.7. The Labute approximate surface area is 308 Å². The standard InChI is InChI=1S/C41H32N2O9S.H3N/c44-27-12-4-23(5-13-27)20-21-43-32(22-24-6-14-28(45)15-7-24)34(25-8-16-29(46)17-9-25)37-36-31-2-1-3-33(52-53(49,50)51)38(31)42-39(36)41(48)35(40(37)43)26-10-18-30(47)19-11-26;/h1-19,42,44-48H,20-22H2,(H,49,50,51);1H3. The van der Waals surface area contributed by atoms with Crippen molar-refractivity contribution in [3.8, 4) is 56.8 Å². The zero-order valence-electron chi connectivity index (χ0n) is 28.8. The molecule has 0 saturated carbocycles. The molecule has 0 aliphatic rings. The lowest BCUT2D eigenvalue weighted by molar-refractivity contribution is 0.373. The molecule has 0 unspecified atom stereocenters. The third kappa shape index (κ3) is 6.47. The van der Waals surface area contributed by atoms with Crippen LogP contribution in [0.3, 0.4) is 0 Å². The fourth-order valence-corrected chi connectivity index (χ4v) is 7.56. The van der Waals surface area contributed by atoms with E-state index >= 15 is 0 Å². The zero-order valence-corrected chi connectivity index (χ0v) is 29.6. The van der Waals surface area contributed by atoms with E-state index in [1.165, 1.54) is 18.2 Å². The zero-order chi connectivity index (χ0) is 37.0. The van der Waals surface area contributed by atoms with Gasteiger partial charge in [-0.3, -0.25) is 0 Å². The maximum Gasteiger partial charge on any atom is 0.262 e. The first-order chi connectivity index (χ1) is 25.4. The van der Waals surface area contributed by atoms with E-state index in [9.17, 15) is 38.5 Å². The second-order valence-corrected chi connectivity index (χ2v) is 13.8. The highest BCUT2D eigenvalue weighted by atomic mass is 32.3. The number of fused-ring (bicyclic) bond motifs is 5. The van der Waals surface area contributed by atoms with E-state index in [2.05, 4.69) is 9.55 Å². The largest absolute Gasteiger partial charge is 0.716 e. The van der Waals surface area contributed by atoms with Crippen molar-refractivity contribution >= 4 is 43.1 Å². The van der Waals surface area contributed by atoms with Crippen molar-refractivity contribution in [2.45, 2.75) is 19.4 Å². The summed E-state index contributed by atoms with van der Waals surface area (Å²) in [7, 11) is -5.16. The Morgan fingerprint density at radius 2 is 1.15 bits per heavy atom. The smallest absolute Gasteiger partial charge is 0.262 e. The van der Waals surface area contributed by atoms with E-state index in [0.29, 0.717) is 52.2 Å². The second-order valence-electron chi connectivity index (χ2n) is 12.8. The molecular formula is C41H35N3O9S. The lowest BCUT2D eigenvalue weighted by atomic mass is 9.92. The third-order valence-electron chi connectivity index (χ3n) is 9.50. The molecule has 8 aromatic rings. The van der Waals surface area contributed by atoms with Crippen molar-refractivity contribution in [1.82, 2.24) is 15.7 Å². The van der Waals surface area contributed by atoms with Crippen LogP contribution in [0.1, 0.15) is 16.8 Å². The normalized spacial score (nSPS) is 11.6. The lowest BCUT2D eigenvalue weighted by Crippen LogP contribution is -2.08. The van der Waals surface area contributed by atoms with Crippen molar-refractivity contribution in [3.05, 3.63) is 132 Å². The van der Waals surface area contributed by atoms with Crippen molar-refractivity contribution in [2.75, 3.05) is 0 Å². The van der Waals surface area contributed by atoms with Crippen LogP contribution in [-0.4, -0.2) is 48.1 Å². The summed E-state index contributed by atoms with van der Waals surface area (Å²) in [6.07, 6.45) is 0.881. The molecule has 0 radical (unpaired) electrons. The van der Waals surface area contributed by atoms with Crippen LogP contribution in [0.5, 0.6) is 34.5 Å². The average Bonchev–Trinajstić information content (AvgIpc) is 3.66. The van der Waals surface area contributed by atoms with Crippen molar-refractivity contribution in [3.63, 3.8) is 0 Å². The predicted molar refractivity (Wildman–Crippen MR) is 206 cm³/mol. The Morgan fingerprint density at radius 1 is 0.630 bits per heavy atom. The first-order valence-electron chi connectivity index (χ1n) is 16.6. The first-order valence-corrected chi connectivity index (χ1v) is 17.9. The summed E-state index contributed by atoms with van der Waals surface area (Å²) in [4.78, 5) is 3.16. The molecule has 8 rings (SSSR count). The maximum absolute atomic E-state index is 12.3. The molecule has 12 nitrogen and oxygen atoms in total. The van der Waals surface area contributed by atoms with Crippen LogP contribution >= 0.6 is 0 Å². The molecular weight excluding hydrogens is 711 g/mol. The predicted octanol–water partition coefficient (Wildman–Crippen LogP) is 8.19. The van der Waals surface area contributed by atoms with Crippen molar-refractivity contribution < 1.29 is 42.7 Å². The van der Waals surface area contributed by atoms with E-state index < -0.39 is 10.4 Å². The van der Waals surface area contributed by atoms with Gasteiger partial charge < -0.3 is 50.0 Å². The number of nitrogens with zero attached hydrogens (tertiary/aromatic N) is 1. The molecule has 0 spiro atoms. The highest BCUT2D eigenvalue weighted by molar-refractivity contribution is 7.81. The van der Waals surface area contributed by atoms with E-state index in [4.69, 9.17) is 4.18 Å². The quantitative estimate of drug-likeness (QED) is 0.0558. The van der Waals surface area contributed by atoms with Crippen LogP contribution in [0, 0.1) is 0 Å². The number of rotatable bonds is 9. The Balaban J connectivity index is 0.00000450. The number of aromatic amines is 1. The number of phenolic OH excluding ortho intramolecular Hbond substituents is 5. The molecule has 0 saturated heterocycles. The molecule has 0 amide bonds. The Hall–Kier alpha value is -6.67. The number of hydrogen-bond donors (Lipinski definition) is 7. The van der Waals surface area contributed by atoms with E-state index in [1.807, 2.05) is 24.3 Å². The number of quaternary nitrogens is 1. The number of nitrogens with one attached hydrogen (secondary N) is 1. The van der Waals surface area contributed by atoms with Gasteiger partial charge in [0.15, 0.2) is 5.75 Å². The van der Waals surface area contributed by atoms with Crippen LogP contribution < -0.4 is 10.3 Å². The number of hydrogen-bond acceptors (Lipinski definition) is 9. The minimum Gasteiger partial charge on any atom is -0.716 e. The summed E-state index contributed by atoms with van der Waals surface area (Å²) in [6.45, 7) is 0.397. The van der Waals surface area contributed by atoms with Gasteiger partial charge >= 0.3 is 0 Å². The fraction of sp³-hybridized carbons (Fsp3) is 0.0732. The van der Waals surface area contributed by atoms with Crippen LogP contribution in [-0.2, 0) is 29.8 Å². The molecule has 0 aliphatic heterocycles. The minimum absolute atomic E-state index is 0. The van der Waals surface area contributed by atoms with Crippen molar-refractivity contribution in [1.29, 1.82) is 0 Å². The van der Waals surface area contributed by atoms with Gasteiger partial charge in [0.1, 0.15) is 28.7 Å². The van der Waals surface area contributed by atoms with Gasteiger partial charge in [0.05, 0.1) is 22.1 Å². The monoisotopic (exact) mass is 745 g/mol. The van der Waals surface area contributed by atoms with E-state index in [0.717, 1.165) is 27.9 Å². The van der Waals surface area contributed by atoms with Gasteiger partial charge in [0.25, 0.3) is 10.4 Å². The van der Waals surface area contributed by atoms with Gasteiger partial charge in [-0.25, -0.2) is 8.42 Å². The Morgan fingerprint density at radius 3 is 1.70 bits per heavy atom. The molecule has 0 atom stereocenters. The van der Waals surface area contributed by atoms with Gasteiger partial charge in [0.2, 0.25) is 0 Å². The molecule has 274 valence electrons. The summed E-state index contributed by atoms with van der Waals surface area (Å²) >= 11 is 0. The highest BCUT2D eigenvalue weighted by Gasteiger charge is 2.29. The van der Waals surface area contributed by atoms with Crippen LogP contribution in [0.4, 0.5) is 0 Å². The van der Waals surface area contributed by atoms with Crippen LogP contribution in [0.25, 0.3) is 55.0 Å². The number of H-pyrrole nitrogens is 1. The lowest BCUT2D eigenvalue weighted by Gasteiger charge is -2.16. The van der Waals surface area contributed by atoms with Gasteiger partial charge in [-0.1, -0.05) is 60.7 Å². The SMILES string of the molecule is O=S(=O)([O-])Oc1cccc2c1[nH]c1c(O)c(-c3ccc(O)cc3)c3c(c(-c4ccc(O)cc4)c(Cc4ccc(O)cc4)n3CCc3ccc(O)cc3)c12.[NH4+]. The van der Waals surface area contributed by atoms with Gasteiger partial charge in [-0.2, -0.15) is 0 Å². The topological polar surface area (TPSA) is 225 Å². The number of aromatic nitrogens is 2. The van der Waals surface area contributed by atoms with Crippen LogP contribution in [0.2, 0.25) is 0 Å². The fourth-order valence-electron chi connectivity index (χ4n) is 7.20. The number of benzene rings is 6. The third-order valence-corrected chi connectivity index (χ3v) is 9.88. The summed E-state index contributed by atoms with van der Waals surface area (Å²) in [5, 5.41) is 54.7. The number of aromatic hydroxyl groups is 5. The van der Waals surface area contributed by atoms with Crippen LogP contribution in [0.15, 0.2) is 115 Å². The molecule has 6 aromatic carbocycles. The Bertz CT molecular complexity index is 2780. The molecule has 0 fully saturated rings. The molecule has 10 N–H and O–H groups in total. The molecule has 2 heterocycles. The minimum atomic E-state index is -5.16. The van der Waals surface area contributed by atoms with Gasteiger partial charge in [-0.05, 0) is 83.3 Å². The summed E-state index contributed by atoms with van der Waals surface area (Å²) in [6, 6.07) is 31.6. The number of phenols is 5. The molecule has 0 aliphatic carbocycles. The number of aryl methyl sites for hydroxylation is 2. The average molecular weight is 746 g/mol. The number of para-hydroxylation sites is 1. The van der Waals surface area contributed by atoms with E-state index in [-0.39, 0.29) is 51.7 Å². The molecule has 0 bridgehead atoms. The van der Waals surface area contributed by atoms with Gasteiger partial charge in [-0.15, -0.1) is 0 Å². The Kier molecular flexibility index (Phi) is 9.07. The molecule has 54 heavy (non-hydrogen) atoms. The molecule has 2 aromatic heterocycles. The maximum atomic E-state index is 12.3. The van der Waals surface area contributed by atoms with Gasteiger partial charge in [0, 0.05) is 40.4 Å². The first kappa shape index (κ1) is 35.7. The van der Waals surface area contributed by atoms with E-state index in [1.54, 1.807) is 72.8 Å².